The van der Waals surface area contributed by atoms with Crippen molar-refractivity contribution >= 4 is 27.5 Å². The van der Waals surface area contributed by atoms with Crippen LogP contribution in [0.3, 0.4) is 0 Å². The van der Waals surface area contributed by atoms with E-state index in [-0.39, 0.29) is 5.91 Å². The Morgan fingerprint density at radius 2 is 2.15 bits per heavy atom. The molecule has 1 aliphatic heterocycles. The third kappa shape index (κ3) is 1.95. The molecule has 0 saturated heterocycles. The quantitative estimate of drug-likeness (QED) is 0.802. The third-order valence-electron chi connectivity index (χ3n) is 3.59. The molecule has 1 amide bonds. The molecular formula is C14H13BrFN3O. The van der Waals surface area contributed by atoms with E-state index in [1.807, 2.05) is 6.92 Å². The minimum Gasteiger partial charge on any atom is -0.304 e. The van der Waals surface area contributed by atoms with Gasteiger partial charge in [-0.2, -0.15) is 5.10 Å². The van der Waals surface area contributed by atoms with Crippen LogP contribution in [0.2, 0.25) is 0 Å². The molecular weight excluding hydrogens is 325 g/mol. The largest absolute Gasteiger partial charge is 0.304 e. The van der Waals surface area contributed by atoms with Gasteiger partial charge >= 0.3 is 0 Å². The molecule has 1 aromatic heterocycles. The smallest absolute Gasteiger partial charge is 0.276 e. The highest BCUT2D eigenvalue weighted by Gasteiger charge is 2.30. The number of carbonyl (C=O) groups excluding carboxylic acids is 1. The van der Waals surface area contributed by atoms with Gasteiger partial charge < -0.3 is 4.90 Å². The predicted molar refractivity (Wildman–Crippen MR) is 77.4 cm³/mol. The Labute approximate surface area is 124 Å². The van der Waals surface area contributed by atoms with E-state index in [0.29, 0.717) is 28.8 Å². The van der Waals surface area contributed by atoms with Crippen LogP contribution >= 0.6 is 15.9 Å². The van der Waals surface area contributed by atoms with Gasteiger partial charge in [0.15, 0.2) is 0 Å². The van der Waals surface area contributed by atoms with Gasteiger partial charge in [-0.25, -0.2) is 4.39 Å². The number of aryl methyl sites for hydroxylation is 2. The molecule has 1 aromatic carbocycles. The van der Waals surface area contributed by atoms with E-state index >= 15 is 0 Å². The van der Waals surface area contributed by atoms with E-state index in [1.54, 1.807) is 24.0 Å². The number of halogens is 2. The van der Waals surface area contributed by atoms with Crippen LogP contribution in [0, 0.1) is 12.7 Å². The van der Waals surface area contributed by atoms with Crippen LogP contribution in [-0.4, -0.2) is 22.2 Å². The lowest BCUT2D eigenvalue weighted by Crippen LogP contribution is -2.39. The molecule has 104 valence electrons. The summed E-state index contributed by atoms with van der Waals surface area (Å²) in [4.78, 5) is 14.0. The highest BCUT2D eigenvalue weighted by molar-refractivity contribution is 9.10. The molecule has 3 rings (SSSR count). The first-order valence-corrected chi connectivity index (χ1v) is 7.06. The number of nitrogens with zero attached hydrogens (tertiary/aromatic N) is 3. The van der Waals surface area contributed by atoms with Crippen LogP contribution < -0.4 is 4.90 Å². The van der Waals surface area contributed by atoms with E-state index in [9.17, 15) is 9.18 Å². The van der Waals surface area contributed by atoms with E-state index in [1.165, 1.54) is 11.0 Å². The van der Waals surface area contributed by atoms with Crippen LogP contribution in [-0.2, 0) is 13.5 Å². The van der Waals surface area contributed by atoms with Crippen molar-refractivity contribution in [3.05, 3.63) is 45.4 Å². The maximum Gasteiger partial charge on any atom is 0.276 e. The number of aromatic nitrogens is 2. The van der Waals surface area contributed by atoms with Crippen molar-refractivity contribution in [2.45, 2.75) is 13.3 Å². The van der Waals surface area contributed by atoms with Gasteiger partial charge in [0.2, 0.25) is 0 Å². The number of anilines is 1. The maximum absolute atomic E-state index is 14.1. The second-order valence-electron chi connectivity index (χ2n) is 4.90. The second-order valence-corrected chi connectivity index (χ2v) is 5.76. The zero-order chi connectivity index (χ0) is 14.4. The van der Waals surface area contributed by atoms with Crippen molar-refractivity contribution in [2.75, 3.05) is 11.4 Å². The summed E-state index contributed by atoms with van der Waals surface area (Å²) in [5, 5.41) is 4.10. The fraction of sp³-hybridized carbons (Fsp3) is 0.286. The Morgan fingerprint density at radius 3 is 2.90 bits per heavy atom. The summed E-state index contributed by atoms with van der Waals surface area (Å²) in [5.74, 6) is -0.603. The zero-order valence-electron chi connectivity index (χ0n) is 11.2. The molecule has 0 bridgehead atoms. The van der Waals surface area contributed by atoms with Gasteiger partial charge in [0.25, 0.3) is 5.91 Å². The Balaban J connectivity index is 2.07. The highest BCUT2D eigenvalue weighted by atomic mass is 79.9. The SMILES string of the molecule is Cc1cc(N2CCc3cnn(C)c3C2=O)c(F)cc1Br. The molecule has 0 saturated carbocycles. The molecule has 2 heterocycles. The third-order valence-corrected chi connectivity index (χ3v) is 4.44. The van der Waals surface area contributed by atoms with Crippen molar-refractivity contribution in [1.29, 1.82) is 0 Å². The first kappa shape index (κ1) is 13.3. The van der Waals surface area contributed by atoms with Gasteiger partial charge in [-0.1, -0.05) is 15.9 Å². The van der Waals surface area contributed by atoms with E-state index < -0.39 is 5.82 Å². The Bertz CT molecular complexity index is 711. The lowest BCUT2D eigenvalue weighted by Gasteiger charge is -2.28. The van der Waals surface area contributed by atoms with Gasteiger partial charge in [-0.3, -0.25) is 9.48 Å². The van der Waals surface area contributed by atoms with E-state index in [4.69, 9.17) is 0 Å². The Hall–Kier alpha value is -1.69. The summed E-state index contributed by atoms with van der Waals surface area (Å²) < 4.78 is 16.4. The molecule has 0 atom stereocenters. The van der Waals surface area contributed by atoms with Crippen LogP contribution in [0.5, 0.6) is 0 Å². The number of hydrogen-bond donors (Lipinski definition) is 0. The molecule has 0 unspecified atom stereocenters. The number of benzene rings is 1. The molecule has 4 nitrogen and oxygen atoms in total. The molecule has 20 heavy (non-hydrogen) atoms. The van der Waals surface area contributed by atoms with Crippen molar-refractivity contribution in [2.24, 2.45) is 7.05 Å². The van der Waals surface area contributed by atoms with Gasteiger partial charge in [0, 0.05) is 23.6 Å². The number of carbonyl (C=O) groups is 1. The summed E-state index contributed by atoms with van der Waals surface area (Å²) in [6.45, 7) is 2.34. The molecule has 0 spiro atoms. The lowest BCUT2D eigenvalue weighted by atomic mass is 10.1. The standard InChI is InChI=1S/C14H13BrFN3O/c1-8-5-12(11(16)6-10(8)15)19-4-3-9-7-17-18(2)13(9)14(19)20/h5-7H,3-4H2,1-2H3. The van der Waals surface area contributed by atoms with Crippen LogP contribution in [0.15, 0.2) is 22.8 Å². The Kier molecular flexibility index (Phi) is 3.12. The van der Waals surface area contributed by atoms with Gasteiger partial charge in [0.1, 0.15) is 11.5 Å². The van der Waals surface area contributed by atoms with E-state index in [0.717, 1.165) is 11.1 Å². The van der Waals surface area contributed by atoms with Crippen LogP contribution in [0.4, 0.5) is 10.1 Å². The number of rotatable bonds is 1. The minimum atomic E-state index is -0.401. The van der Waals surface area contributed by atoms with Crippen molar-refractivity contribution in [1.82, 2.24) is 9.78 Å². The zero-order valence-corrected chi connectivity index (χ0v) is 12.7. The normalized spacial score (nSPS) is 14.6. The molecule has 0 aliphatic carbocycles. The fourth-order valence-electron chi connectivity index (χ4n) is 2.48. The molecule has 0 fully saturated rings. The summed E-state index contributed by atoms with van der Waals surface area (Å²) in [6, 6.07) is 3.09. The maximum atomic E-state index is 14.1. The number of amides is 1. The fourth-order valence-corrected chi connectivity index (χ4v) is 2.80. The number of fused-ring (bicyclic) bond motifs is 1. The van der Waals surface area contributed by atoms with Crippen molar-refractivity contribution in [3.8, 4) is 0 Å². The predicted octanol–water partition coefficient (Wildman–Crippen LogP) is 2.83. The topological polar surface area (TPSA) is 38.1 Å². The second kappa shape index (κ2) is 4.70. The van der Waals surface area contributed by atoms with Gasteiger partial charge in [0.05, 0.1) is 11.9 Å². The number of hydrogen-bond acceptors (Lipinski definition) is 2. The minimum absolute atomic E-state index is 0.202. The van der Waals surface area contributed by atoms with Gasteiger partial charge in [-0.15, -0.1) is 0 Å². The summed E-state index contributed by atoms with van der Waals surface area (Å²) in [5.41, 5.74) is 2.67. The molecule has 2 aromatic rings. The molecule has 6 heteroatoms. The first-order chi connectivity index (χ1) is 9.49. The average molecular weight is 338 g/mol. The summed E-state index contributed by atoms with van der Waals surface area (Å²) in [7, 11) is 1.73. The first-order valence-electron chi connectivity index (χ1n) is 6.27. The molecule has 0 N–H and O–H groups in total. The Morgan fingerprint density at radius 1 is 1.40 bits per heavy atom. The van der Waals surface area contributed by atoms with Crippen LogP contribution in [0.25, 0.3) is 0 Å². The summed E-state index contributed by atoms with van der Waals surface area (Å²) in [6.07, 6.45) is 2.39. The summed E-state index contributed by atoms with van der Waals surface area (Å²) >= 11 is 3.29. The molecule has 1 aliphatic rings. The van der Waals surface area contributed by atoms with E-state index in [2.05, 4.69) is 21.0 Å². The van der Waals surface area contributed by atoms with Crippen molar-refractivity contribution in [3.63, 3.8) is 0 Å². The highest BCUT2D eigenvalue weighted by Crippen LogP contribution is 2.30. The van der Waals surface area contributed by atoms with Crippen LogP contribution in [0.1, 0.15) is 21.6 Å². The van der Waals surface area contributed by atoms with Crippen molar-refractivity contribution < 1.29 is 9.18 Å². The average Bonchev–Trinajstić information content (AvgIpc) is 2.77. The molecule has 0 radical (unpaired) electrons. The lowest BCUT2D eigenvalue weighted by molar-refractivity contribution is 0.0970. The monoisotopic (exact) mass is 337 g/mol. The van der Waals surface area contributed by atoms with Gasteiger partial charge in [-0.05, 0) is 31.0 Å².